The average Bonchev–Trinajstić information content (AvgIpc) is 3.40. The van der Waals surface area contributed by atoms with Crippen LogP contribution in [0.1, 0.15) is 16.3 Å². The van der Waals surface area contributed by atoms with Gasteiger partial charge in [-0.25, -0.2) is 0 Å². The second kappa shape index (κ2) is 5.70. The zero-order valence-electron chi connectivity index (χ0n) is 14.2. The van der Waals surface area contributed by atoms with Gasteiger partial charge in [-0.1, -0.05) is 11.3 Å². The number of rotatable bonds is 4. The Morgan fingerprint density at radius 1 is 1.27 bits per heavy atom. The van der Waals surface area contributed by atoms with Crippen LogP contribution in [0.2, 0.25) is 0 Å². The van der Waals surface area contributed by atoms with Crippen LogP contribution in [0.4, 0.5) is 0 Å². The highest BCUT2D eigenvalue weighted by molar-refractivity contribution is 7.16. The molecule has 0 aliphatic heterocycles. The van der Waals surface area contributed by atoms with E-state index in [4.69, 9.17) is 14.3 Å². The van der Waals surface area contributed by atoms with Crippen molar-refractivity contribution >= 4 is 27.2 Å². The van der Waals surface area contributed by atoms with Crippen LogP contribution in [0.25, 0.3) is 27.3 Å². The largest absolute Gasteiger partial charge is 0.497 e. The van der Waals surface area contributed by atoms with Crippen molar-refractivity contribution in [1.82, 2.24) is 24.8 Å². The van der Waals surface area contributed by atoms with E-state index in [0.29, 0.717) is 12.2 Å². The number of benzene rings is 1. The number of fused-ring (bicyclic) bond motifs is 2. The summed E-state index contributed by atoms with van der Waals surface area (Å²) >= 11 is 1.54. The molecule has 4 heterocycles. The zero-order chi connectivity index (χ0) is 17.7. The average molecular weight is 365 g/mol. The highest BCUT2D eigenvalue weighted by atomic mass is 32.1. The molecule has 8 heteroatoms. The van der Waals surface area contributed by atoms with Crippen molar-refractivity contribution in [1.29, 1.82) is 0 Å². The fourth-order valence-electron chi connectivity index (χ4n) is 3.11. The van der Waals surface area contributed by atoms with Crippen LogP contribution in [-0.4, -0.2) is 31.9 Å². The van der Waals surface area contributed by atoms with Gasteiger partial charge in [0.15, 0.2) is 5.82 Å². The summed E-state index contributed by atoms with van der Waals surface area (Å²) in [4.78, 5) is 4.07. The summed E-state index contributed by atoms with van der Waals surface area (Å²) in [6.45, 7) is 1.91. The first-order valence-electron chi connectivity index (χ1n) is 8.12. The Kier molecular flexibility index (Phi) is 3.32. The van der Waals surface area contributed by atoms with Crippen LogP contribution in [0.15, 0.2) is 41.1 Å². The van der Waals surface area contributed by atoms with Crippen LogP contribution in [0.5, 0.6) is 5.75 Å². The Balaban J connectivity index is 1.54. The number of nitrogens with one attached hydrogen (secondary N) is 1. The number of hydrogen-bond acceptors (Lipinski definition) is 6. The first-order chi connectivity index (χ1) is 12.7. The van der Waals surface area contributed by atoms with Crippen LogP contribution in [-0.2, 0) is 6.42 Å². The molecule has 0 unspecified atom stereocenters. The van der Waals surface area contributed by atoms with Gasteiger partial charge in [-0.3, -0.25) is 0 Å². The van der Waals surface area contributed by atoms with E-state index in [1.54, 1.807) is 29.2 Å². The fraction of sp³-hybridized carbons (Fsp3) is 0.167. The minimum Gasteiger partial charge on any atom is -0.497 e. The van der Waals surface area contributed by atoms with Crippen molar-refractivity contribution in [2.45, 2.75) is 13.3 Å². The van der Waals surface area contributed by atoms with Gasteiger partial charge in [0.05, 0.1) is 18.9 Å². The molecule has 5 rings (SSSR count). The van der Waals surface area contributed by atoms with Crippen molar-refractivity contribution in [3.63, 3.8) is 0 Å². The highest BCUT2D eigenvalue weighted by Crippen LogP contribution is 2.28. The third-order valence-electron chi connectivity index (χ3n) is 4.45. The van der Waals surface area contributed by atoms with Crippen LogP contribution in [0.3, 0.4) is 0 Å². The third-order valence-corrected chi connectivity index (χ3v) is 5.35. The highest BCUT2D eigenvalue weighted by Gasteiger charge is 2.17. The van der Waals surface area contributed by atoms with Gasteiger partial charge in [0.25, 0.3) is 0 Å². The summed E-state index contributed by atoms with van der Waals surface area (Å²) in [7, 11) is 1.68. The van der Waals surface area contributed by atoms with Crippen molar-refractivity contribution in [3.05, 3.63) is 53.1 Å². The van der Waals surface area contributed by atoms with E-state index >= 15 is 0 Å². The van der Waals surface area contributed by atoms with E-state index < -0.39 is 0 Å². The minimum absolute atomic E-state index is 0.703. The van der Waals surface area contributed by atoms with Crippen LogP contribution < -0.4 is 4.74 Å². The zero-order valence-corrected chi connectivity index (χ0v) is 15.0. The molecule has 0 saturated carbocycles. The molecule has 0 amide bonds. The summed E-state index contributed by atoms with van der Waals surface area (Å²) in [6, 6.07) is 7.90. The third kappa shape index (κ3) is 2.30. The van der Waals surface area contributed by atoms with E-state index in [1.165, 1.54) is 5.56 Å². The Hall–Kier alpha value is -3.13. The Morgan fingerprint density at radius 3 is 3.00 bits per heavy atom. The van der Waals surface area contributed by atoms with Gasteiger partial charge in [-0.2, -0.15) is 9.61 Å². The molecule has 0 aliphatic rings. The maximum Gasteiger partial charge on any atom is 0.234 e. The lowest BCUT2D eigenvalue weighted by Crippen LogP contribution is -1.93. The van der Waals surface area contributed by atoms with Gasteiger partial charge in [0, 0.05) is 23.5 Å². The van der Waals surface area contributed by atoms with E-state index in [9.17, 15) is 0 Å². The van der Waals surface area contributed by atoms with Crippen molar-refractivity contribution in [2.75, 3.05) is 7.11 Å². The second-order valence-corrected chi connectivity index (χ2v) is 7.05. The van der Waals surface area contributed by atoms with Gasteiger partial charge in [0.2, 0.25) is 4.96 Å². The van der Waals surface area contributed by atoms with E-state index in [0.717, 1.165) is 37.9 Å². The fourth-order valence-corrected chi connectivity index (χ4v) is 3.96. The Labute approximate surface area is 152 Å². The molecule has 0 aliphatic carbocycles. The first-order valence-corrected chi connectivity index (χ1v) is 8.94. The summed E-state index contributed by atoms with van der Waals surface area (Å²) < 4.78 is 12.5. The SMILES string of the molecule is COc1ccc2[nH]cc(Cc3nn4c(-c5ccoc5C)nnc4s3)c2c1. The number of ether oxygens (including phenoxy) is 1. The molecule has 0 bridgehead atoms. The predicted octanol–water partition coefficient (Wildman–Crippen LogP) is 3.83. The van der Waals surface area contributed by atoms with Crippen LogP contribution >= 0.6 is 11.3 Å². The minimum atomic E-state index is 0.703. The van der Waals surface area contributed by atoms with Gasteiger partial charge in [-0.15, -0.1) is 10.2 Å². The summed E-state index contributed by atoms with van der Waals surface area (Å²) in [5.74, 6) is 2.35. The smallest absolute Gasteiger partial charge is 0.234 e. The first kappa shape index (κ1) is 15.2. The number of furan rings is 1. The topological polar surface area (TPSA) is 81.2 Å². The lowest BCUT2D eigenvalue weighted by Gasteiger charge is -2.00. The molecule has 0 fully saturated rings. The van der Waals surface area contributed by atoms with Crippen molar-refractivity contribution in [2.24, 2.45) is 0 Å². The number of aryl methyl sites for hydroxylation is 1. The van der Waals surface area contributed by atoms with E-state index in [-0.39, 0.29) is 0 Å². The van der Waals surface area contributed by atoms with E-state index in [2.05, 4.69) is 15.2 Å². The molecule has 1 aromatic carbocycles. The number of methoxy groups -OCH3 is 1. The molecule has 5 aromatic rings. The Bertz CT molecular complexity index is 1230. The summed E-state index contributed by atoms with van der Waals surface area (Å²) in [5.41, 5.74) is 3.16. The van der Waals surface area contributed by atoms with Gasteiger partial charge in [-0.05, 0) is 36.8 Å². The van der Waals surface area contributed by atoms with Gasteiger partial charge in [0.1, 0.15) is 16.5 Å². The molecular formula is C18H15N5O2S. The number of H-pyrrole nitrogens is 1. The van der Waals surface area contributed by atoms with Crippen molar-refractivity contribution < 1.29 is 9.15 Å². The molecule has 4 aromatic heterocycles. The number of aromatic nitrogens is 5. The molecule has 130 valence electrons. The molecule has 7 nitrogen and oxygen atoms in total. The van der Waals surface area contributed by atoms with Crippen LogP contribution in [0, 0.1) is 6.92 Å². The molecular weight excluding hydrogens is 350 g/mol. The van der Waals surface area contributed by atoms with Crippen molar-refractivity contribution in [3.8, 4) is 17.1 Å². The number of hydrogen-bond donors (Lipinski definition) is 1. The maximum atomic E-state index is 5.38. The molecule has 0 saturated heterocycles. The standard InChI is InChI=1S/C18H15N5O2S/c1-10-13(5-6-25-10)17-20-21-18-23(17)22-16(26-18)7-11-9-19-15-4-3-12(24-2)8-14(11)15/h3-6,8-9,19H,7H2,1-2H3. The predicted molar refractivity (Wildman–Crippen MR) is 98.8 cm³/mol. The van der Waals surface area contributed by atoms with Gasteiger partial charge >= 0.3 is 0 Å². The normalized spacial score (nSPS) is 11.6. The number of aromatic amines is 1. The lowest BCUT2D eigenvalue weighted by atomic mass is 10.1. The molecule has 0 radical (unpaired) electrons. The quantitative estimate of drug-likeness (QED) is 0.523. The summed E-state index contributed by atoms with van der Waals surface area (Å²) in [6.07, 6.45) is 4.39. The maximum absolute atomic E-state index is 5.38. The summed E-state index contributed by atoms with van der Waals surface area (Å²) in [5, 5.41) is 15.3. The van der Waals surface area contributed by atoms with Gasteiger partial charge < -0.3 is 14.1 Å². The lowest BCUT2D eigenvalue weighted by molar-refractivity contribution is 0.415. The molecule has 26 heavy (non-hydrogen) atoms. The second-order valence-electron chi connectivity index (χ2n) is 6.01. The molecule has 0 spiro atoms. The monoisotopic (exact) mass is 365 g/mol. The molecule has 0 atom stereocenters. The van der Waals surface area contributed by atoms with E-state index in [1.807, 2.05) is 37.4 Å². The Morgan fingerprint density at radius 2 is 2.19 bits per heavy atom. The number of nitrogens with zero attached hydrogens (tertiary/aromatic N) is 4. The molecule has 1 N–H and O–H groups in total.